The number of unbranched alkanes of at least 4 members (excludes halogenated alkanes) is 26. The Morgan fingerprint density at radius 1 is 0.353 bits per heavy atom. The summed E-state index contributed by atoms with van der Waals surface area (Å²) in [5.41, 5.74) is 0. The minimum atomic E-state index is -0.599. The van der Waals surface area contributed by atoms with E-state index in [0.29, 0.717) is 13.0 Å². The van der Waals surface area contributed by atoms with Gasteiger partial charge in [-0.05, 0) is 77.0 Å². The molecule has 0 N–H and O–H groups in total. The summed E-state index contributed by atoms with van der Waals surface area (Å²) in [6, 6.07) is 0. The number of allylic oxidation sites excluding steroid dienone is 15. The van der Waals surface area contributed by atoms with E-state index in [1.165, 1.54) is 141 Å². The highest BCUT2D eigenvalue weighted by Crippen LogP contribution is 2.16. The summed E-state index contributed by atoms with van der Waals surface area (Å²) >= 11 is 0. The quantitative estimate of drug-likeness (QED) is 0.0345. The molecule has 0 radical (unpaired) electrons. The zero-order valence-corrected chi connectivity index (χ0v) is 44.8. The Hall–Kier alpha value is -3.18. The Bertz CT molecular complexity index is 1300. The Morgan fingerprint density at radius 3 is 1.13 bits per heavy atom. The molecule has 1 atom stereocenters. The van der Waals surface area contributed by atoms with Gasteiger partial charge in [-0.3, -0.25) is 9.59 Å². The molecule has 390 valence electrons. The molecule has 0 aromatic heterocycles. The molecule has 0 rings (SSSR count). The molecule has 0 saturated heterocycles. The lowest BCUT2D eigenvalue weighted by Crippen LogP contribution is -2.29. The van der Waals surface area contributed by atoms with Gasteiger partial charge in [0.05, 0.1) is 13.0 Å². The van der Waals surface area contributed by atoms with Crippen molar-refractivity contribution in [1.29, 1.82) is 0 Å². The molecule has 0 aromatic rings. The van der Waals surface area contributed by atoms with Crippen molar-refractivity contribution in [3.63, 3.8) is 0 Å². The van der Waals surface area contributed by atoms with Crippen molar-refractivity contribution in [2.24, 2.45) is 0 Å². The summed E-state index contributed by atoms with van der Waals surface area (Å²) < 4.78 is 17.4. The molecule has 0 fully saturated rings. The maximum Gasteiger partial charge on any atom is 0.310 e. The molecule has 0 spiro atoms. The fourth-order valence-electron chi connectivity index (χ4n) is 7.95. The molecule has 0 heterocycles. The van der Waals surface area contributed by atoms with E-state index >= 15 is 0 Å². The molecule has 68 heavy (non-hydrogen) atoms. The van der Waals surface area contributed by atoms with Crippen LogP contribution in [0.15, 0.2) is 97.2 Å². The normalized spacial score (nSPS) is 12.9. The molecule has 0 saturated carbocycles. The van der Waals surface area contributed by atoms with E-state index in [1.807, 2.05) is 12.2 Å². The van der Waals surface area contributed by atoms with Gasteiger partial charge in [-0.1, -0.05) is 272 Å². The SMILES string of the molecule is CC/C=C\C/C=C\C/C=C\C/C=C\C/C=C\CC(=O)OC(COCCCCCCCCCCCCCCCCCCCCCC)COC(=O)CCCCCCCCC/C=C\C/C=C\C/C=C\CC. The van der Waals surface area contributed by atoms with Crippen LogP contribution in [0, 0.1) is 0 Å². The fraction of sp³-hybridized carbons (Fsp3) is 0.714. The van der Waals surface area contributed by atoms with Gasteiger partial charge in [-0.2, -0.15) is 0 Å². The average molecular weight is 946 g/mol. The van der Waals surface area contributed by atoms with Gasteiger partial charge >= 0.3 is 11.9 Å². The van der Waals surface area contributed by atoms with Crippen LogP contribution in [-0.4, -0.2) is 37.9 Å². The van der Waals surface area contributed by atoms with Gasteiger partial charge in [-0.25, -0.2) is 0 Å². The predicted molar refractivity (Wildman–Crippen MR) is 297 cm³/mol. The second-order valence-electron chi connectivity index (χ2n) is 18.8. The van der Waals surface area contributed by atoms with E-state index in [-0.39, 0.29) is 31.6 Å². The van der Waals surface area contributed by atoms with Gasteiger partial charge in [0.15, 0.2) is 6.10 Å². The van der Waals surface area contributed by atoms with Gasteiger partial charge in [0.2, 0.25) is 0 Å². The van der Waals surface area contributed by atoms with E-state index in [0.717, 1.165) is 89.9 Å². The number of carbonyl (C=O) groups is 2. The van der Waals surface area contributed by atoms with E-state index in [1.54, 1.807) is 0 Å². The number of hydrogen-bond acceptors (Lipinski definition) is 5. The smallest absolute Gasteiger partial charge is 0.310 e. The average Bonchev–Trinajstić information content (AvgIpc) is 3.34. The molecular formula is C63H108O5. The zero-order valence-electron chi connectivity index (χ0n) is 44.8. The molecule has 0 aliphatic heterocycles. The third-order valence-electron chi connectivity index (χ3n) is 12.1. The van der Waals surface area contributed by atoms with Gasteiger partial charge < -0.3 is 14.2 Å². The summed E-state index contributed by atoms with van der Waals surface area (Å²) in [6.45, 7) is 7.52. The molecule has 0 aliphatic rings. The molecule has 1 unspecified atom stereocenters. The highest BCUT2D eigenvalue weighted by atomic mass is 16.6. The van der Waals surface area contributed by atoms with Crippen molar-refractivity contribution in [3.8, 4) is 0 Å². The Kier molecular flexibility index (Phi) is 55.4. The monoisotopic (exact) mass is 945 g/mol. The van der Waals surface area contributed by atoms with Crippen LogP contribution in [0.3, 0.4) is 0 Å². The maximum atomic E-state index is 12.8. The molecule has 0 bridgehead atoms. The zero-order chi connectivity index (χ0) is 49.2. The van der Waals surface area contributed by atoms with Crippen LogP contribution in [0.25, 0.3) is 0 Å². The van der Waals surface area contributed by atoms with E-state index < -0.39 is 6.10 Å². The first-order valence-electron chi connectivity index (χ1n) is 28.8. The standard InChI is InChI=1S/C63H108O5/c1-4-7-10-13-16-19-22-25-28-30-31-32-34-37-40-43-46-49-52-55-58-66-59-61(68-63(65)57-54-51-48-45-42-39-35-27-24-21-18-15-12-9-6-3)60-67-62(64)56-53-50-47-44-41-38-36-33-29-26-23-20-17-14-11-8-5-2/h8-9,11-12,17-18,20-21,26-27,29,35,42,45,51,54,61H,4-7,10,13-16,19,22-25,28,30-34,36-41,43-44,46-50,52-53,55-60H2,1-3H3/b11-8-,12-9-,20-17-,21-18-,29-26-,35-27-,45-42-,54-51-. The minimum Gasteiger partial charge on any atom is -0.462 e. The fourth-order valence-corrected chi connectivity index (χ4v) is 7.95. The van der Waals surface area contributed by atoms with Crippen LogP contribution in [0.4, 0.5) is 0 Å². The Labute approximate surface area is 422 Å². The summed E-state index contributed by atoms with van der Waals surface area (Å²) in [5, 5.41) is 0. The lowest BCUT2D eigenvalue weighted by atomic mass is 10.0. The summed E-state index contributed by atoms with van der Waals surface area (Å²) in [5.74, 6) is -0.550. The Balaban J connectivity index is 4.35. The van der Waals surface area contributed by atoms with Gasteiger partial charge in [-0.15, -0.1) is 0 Å². The van der Waals surface area contributed by atoms with Crippen LogP contribution >= 0.6 is 0 Å². The third kappa shape index (κ3) is 55.4. The Morgan fingerprint density at radius 2 is 0.706 bits per heavy atom. The van der Waals surface area contributed by atoms with Crippen molar-refractivity contribution < 1.29 is 23.8 Å². The largest absolute Gasteiger partial charge is 0.462 e. The minimum absolute atomic E-state index is 0.0382. The van der Waals surface area contributed by atoms with Gasteiger partial charge in [0.1, 0.15) is 6.61 Å². The molecular weight excluding hydrogens is 837 g/mol. The number of rotatable bonds is 52. The molecule has 0 aromatic carbocycles. The van der Waals surface area contributed by atoms with E-state index in [4.69, 9.17) is 14.2 Å². The first kappa shape index (κ1) is 64.8. The van der Waals surface area contributed by atoms with Crippen LogP contribution in [0.2, 0.25) is 0 Å². The predicted octanol–water partition coefficient (Wildman–Crippen LogP) is 19.8. The van der Waals surface area contributed by atoms with Crippen LogP contribution < -0.4 is 0 Å². The molecule has 0 aliphatic carbocycles. The number of ether oxygens (including phenoxy) is 3. The van der Waals surface area contributed by atoms with Crippen LogP contribution in [-0.2, 0) is 23.8 Å². The lowest BCUT2D eigenvalue weighted by molar-refractivity contribution is -0.162. The van der Waals surface area contributed by atoms with Gasteiger partial charge in [0.25, 0.3) is 0 Å². The molecule has 5 heteroatoms. The topological polar surface area (TPSA) is 61.8 Å². The van der Waals surface area contributed by atoms with Crippen molar-refractivity contribution in [2.75, 3.05) is 19.8 Å². The van der Waals surface area contributed by atoms with Gasteiger partial charge in [0, 0.05) is 13.0 Å². The number of carbonyl (C=O) groups excluding carboxylic acids is 2. The van der Waals surface area contributed by atoms with Crippen LogP contribution in [0.5, 0.6) is 0 Å². The van der Waals surface area contributed by atoms with Crippen molar-refractivity contribution in [2.45, 2.75) is 271 Å². The first-order valence-corrected chi connectivity index (χ1v) is 28.8. The van der Waals surface area contributed by atoms with E-state index in [2.05, 4.69) is 106 Å². The molecule has 0 amide bonds. The summed E-state index contributed by atoms with van der Waals surface area (Å²) in [6.07, 6.45) is 78.9. The van der Waals surface area contributed by atoms with E-state index in [9.17, 15) is 9.59 Å². The summed E-state index contributed by atoms with van der Waals surface area (Å²) in [7, 11) is 0. The highest BCUT2D eigenvalue weighted by molar-refractivity contribution is 5.71. The second-order valence-corrected chi connectivity index (χ2v) is 18.8. The lowest BCUT2D eigenvalue weighted by Gasteiger charge is -2.18. The van der Waals surface area contributed by atoms with Crippen LogP contribution in [0.1, 0.15) is 265 Å². The highest BCUT2D eigenvalue weighted by Gasteiger charge is 2.17. The number of esters is 2. The second kappa shape index (κ2) is 58.1. The van der Waals surface area contributed by atoms with Crippen molar-refractivity contribution in [3.05, 3.63) is 97.2 Å². The van der Waals surface area contributed by atoms with Crippen molar-refractivity contribution in [1.82, 2.24) is 0 Å². The molecule has 5 nitrogen and oxygen atoms in total. The maximum absolute atomic E-state index is 12.8. The first-order chi connectivity index (χ1) is 33.6. The van der Waals surface area contributed by atoms with Crippen molar-refractivity contribution >= 4 is 11.9 Å². The number of hydrogen-bond donors (Lipinski definition) is 0. The summed E-state index contributed by atoms with van der Waals surface area (Å²) in [4.78, 5) is 25.4. The third-order valence-corrected chi connectivity index (χ3v) is 12.1.